The molecule has 7 nitrogen and oxygen atoms in total. The summed E-state index contributed by atoms with van der Waals surface area (Å²) in [5.41, 5.74) is -0.284. The Morgan fingerprint density at radius 2 is 2.04 bits per heavy atom. The smallest absolute Gasteiger partial charge is 0.250 e. The normalized spacial score (nSPS) is 24.6. The number of hydrogen-bond donors (Lipinski definition) is 1. The van der Waals surface area contributed by atoms with E-state index in [0.29, 0.717) is 26.2 Å². The van der Waals surface area contributed by atoms with E-state index >= 15 is 0 Å². The van der Waals surface area contributed by atoms with Crippen molar-refractivity contribution in [1.82, 2.24) is 14.4 Å². The number of carbonyl (C=O) groups excluding carboxylic acids is 1. The number of rotatable bonds is 5. The van der Waals surface area contributed by atoms with Crippen molar-refractivity contribution in [2.45, 2.75) is 38.3 Å². The Hall–Kier alpha value is -1.70. The van der Waals surface area contributed by atoms with Gasteiger partial charge >= 0.3 is 0 Å². The van der Waals surface area contributed by atoms with E-state index in [1.807, 2.05) is 13.0 Å². The number of amides is 1. The number of aromatic nitrogens is 1. The molecule has 7 heteroatoms. The van der Waals surface area contributed by atoms with E-state index in [1.54, 1.807) is 15.5 Å². The summed E-state index contributed by atoms with van der Waals surface area (Å²) < 4.78 is 7.19. The number of aliphatic hydroxyl groups is 1. The predicted molar refractivity (Wildman–Crippen MR) is 98.1 cm³/mol. The summed E-state index contributed by atoms with van der Waals surface area (Å²) in [6, 6.07) is 5.09. The van der Waals surface area contributed by atoms with E-state index in [1.165, 1.54) is 6.07 Å². The van der Waals surface area contributed by atoms with E-state index in [9.17, 15) is 14.7 Å². The van der Waals surface area contributed by atoms with Crippen LogP contribution in [0.3, 0.4) is 0 Å². The van der Waals surface area contributed by atoms with E-state index < -0.39 is 5.60 Å². The molecule has 2 aliphatic rings. The number of carbonyl (C=O) groups is 1. The number of aryl methyl sites for hydroxylation is 1. The fraction of sp³-hybridized carbons (Fsp3) is 0.684. The van der Waals surface area contributed by atoms with Gasteiger partial charge in [0.05, 0.1) is 19.8 Å². The fourth-order valence-electron chi connectivity index (χ4n) is 3.86. The molecule has 1 N–H and O–H groups in total. The maximum Gasteiger partial charge on any atom is 0.250 e. The molecule has 0 unspecified atom stereocenters. The summed E-state index contributed by atoms with van der Waals surface area (Å²) in [5.74, 6) is -0.0505. The Labute approximate surface area is 154 Å². The summed E-state index contributed by atoms with van der Waals surface area (Å²) in [5, 5.41) is 11.0. The molecule has 0 aromatic carbocycles. The Balaban J connectivity index is 1.61. The molecule has 26 heavy (non-hydrogen) atoms. The van der Waals surface area contributed by atoms with Crippen molar-refractivity contribution in [3.05, 3.63) is 34.2 Å². The van der Waals surface area contributed by atoms with Crippen molar-refractivity contribution < 1.29 is 14.6 Å². The standard InChI is InChI=1S/C19H29N3O4/c1-16-5-4-6-18(24)22(16)10-7-17(23)21-11-12-26-15-19(25,14-21)13-20-8-2-3-9-20/h4-6,25H,2-3,7-15H2,1H3/t19-/m1/s1. The molecule has 0 radical (unpaired) electrons. The molecule has 1 aromatic rings. The van der Waals surface area contributed by atoms with E-state index in [2.05, 4.69) is 4.90 Å². The lowest BCUT2D eigenvalue weighted by molar-refractivity contribution is -0.134. The molecule has 3 heterocycles. The van der Waals surface area contributed by atoms with Crippen LogP contribution in [0.5, 0.6) is 0 Å². The van der Waals surface area contributed by atoms with Gasteiger partial charge in [-0.3, -0.25) is 9.59 Å². The Kier molecular flexibility index (Phi) is 6.11. The van der Waals surface area contributed by atoms with Crippen LogP contribution in [0.4, 0.5) is 0 Å². The minimum absolute atomic E-state index is 0.0505. The molecule has 0 spiro atoms. The number of pyridine rings is 1. The van der Waals surface area contributed by atoms with Gasteiger partial charge in [-0.2, -0.15) is 0 Å². The molecular weight excluding hydrogens is 334 g/mol. The van der Waals surface area contributed by atoms with Crippen LogP contribution < -0.4 is 5.56 Å². The van der Waals surface area contributed by atoms with Gasteiger partial charge in [-0.25, -0.2) is 0 Å². The van der Waals surface area contributed by atoms with Crippen molar-refractivity contribution >= 4 is 5.91 Å². The van der Waals surface area contributed by atoms with Gasteiger partial charge in [0.15, 0.2) is 0 Å². The first kappa shape index (κ1) is 19.1. The highest BCUT2D eigenvalue weighted by atomic mass is 16.5. The first-order chi connectivity index (χ1) is 12.5. The largest absolute Gasteiger partial charge is 0.384 e. The van der Waals surface area contributed by atoms with E-state index in [-0.39, 0.29) is 31.0 Å². The lowest BCUT2D eigenvalue weighted by atomic mass is 10.0. The second-order valence-corrected chi connectivity index (χ2v) is 7.48. The first-order valence-electron chi connectivity index (χ1n) is 9.44. The molecule has 2 aliphatic heterocycles. The van der Waals surface area contributed by atoms with E-state index in [4.69, 9.17) is 4.74 Å². The summed E-state index contributed by atoms with van der Waals surface area (Å²) in [4.78, 5) is 28.6. The molecule has 144 valence electrons. The molecule has 1 aromatic heterocycles. The Morgan fingerprint density at radius 3 is 2.77 bits per heavy atom. The van der Waals surface area contributed by atoms with Crippen molar-refractivity contribution in [2.24, 2.45) is 0 Å². The van der Waals surface area contributed by atoms with Gasteiger partial charge in [0.25, 0.3) is 5.56 Å². The Morgan fingerprint density at radius 1 is 1.27 bits per heavy atom. The molecule has 0 saturated carbocycles. The summed E-state index contributed by atoms with van der Waals surface area (Å²) in [7, 11) is 0. The minimum Gasteiger partial charge on any atom is -0.384 e. The van der Waals surface area contributed by atoms with Gasteiger partial charge < -0.3 is 24.2 Å². The molecule has 0 aliphatic carbocycles. The van der Waals surface area contributed by atoms with Crippen LogP contribution in [0.15, 0.2) is 23.0 Å². The quantitative estimate of drug-likeness (QED) is 0.811. The average molecular weight is 363 g/mol. The molecule has 2 fully saturated rings. The Bertz CT molecular complexity index is 684. The summed E-state index contributed by atoms with van der Waals surface area (Å²) >= 11 is 0. The number of likely N-dealkylation sites (tertiary alicyclic amines) is 1. The van der Waals surface area contributed by atoms with Gasteiger partial charge in [0.1, 0.15) is 5.60 Å². The van der Waals surface area contributed by atoms with Crippen LogP contribution in [-0.4, -0.2) is 76.9 Å². The number of hydrogen-bond acceptors (Lipinski definition) is 5. The second-order valence-electron chi connectivity index (χ2n) is 7.48. The van der Waals surface area contributed by atoms with Crippen molar-refractivity contribution in [2.75, 3.05) is 45.9 Å². The van der Waals surface area contributed by atoms with Gasteiger partial charge in [-0.1, -0.05) is 6.07 Å². The molecular formula is C19H29N3O4. The highest BCUT2D eigenvalue weighted by molar-refractivity contribution is 5.76. The lowest BCUT2D eigenvalue weighted by Gasteiger charge is -2.34. The van der Waals surface area contributed by atoms with Crippen LogP contribution in [0.25, 0.3) is 0 Å². The average Bonchev–Trinajstić information content (AvgIpc) is 3.01. The third kappa shape index (κ3) is 4.72. The molecule has 2 saturated heterocycles. The van der Waals surface area contributed by atoms with Crippen LogP contribution in [0.1, 0.15) is 25.0 Å². The first-order valence-corrected chi connectivity index (χ1v) is 9.44. The van der Waals surface area contributed by atoms with Crippen LogP contribution >= 0.6 is 0 Å². The maximum absolute atomic E-state index is 12.7. The van der Waals surface area contributed by atoms with Gasteiger partial charge in [-0.05, 0) is 38.9 Å². The zero-order valence-electron chi connectivity index (χ0n) is 15.5. The zero-order chi connectivity index (χ0) is 18.6. The number of β-amino-alcohol motifs (C(OH)–C–C–N with tert-alkyl or cyclic N) is 1. The summed E-state index contributed by atoms with van der Waals surface area (Å²) in [6.45, 7) is 6.18. The summed E-state index contributed by atoms with van der Waals surface area (Å²) in [6.07, 6.45) is 2.56. The zero-order valence-corrected chi connectivity index (χ0v) is 15.5. The second kappa shape index (κ2) is 8.33. The topological polar surface area (TPSA) is 75.0 Å². The van der Waals surface area contributed by atoms with Gasteiger partial charge in [-0.15, -0.1) is 0 Å². The maximum atomic E-state index is 12.7. The van der Waals surface area contributed by atoms with Crippen LogP contribution in [0, 0.1) is 6.92 Å². The highest BCUT2D eigenvalue weighted by Gasteiger charge is 2.36. The van der Waals surface area contributed by atoms with Gasteiger partial charge in [0.2, 0.25) is 5.91 Å². The third-order valence-electron chi connectivity index (χ3n) is 5.25. The number of ether oxygens (including phenoxy) is 1. The molecule has 1 atom stereocenters. The van der Waals surface area contributed by atoms with E-state index in [0.717, 1.165) is 31.6 Å². The van der Waals surface area contributed by atoms with Crippen LogP contribution in [-0.2, 0) is 16.1 Å². The number of nitrogens with zero attached hydrogens (tertiary/aromatic N) is 3. The highest BCUT2D eigenvalue weighted by Crippen LogP contribution is 2.18. The SMILES string of the molecule is Cc1cccc(=O)n1CCC(=O)N1CCOC[C@@](O)(CN2CCCC2)C1. The van der Waals surface area contributed by atoms with Crippen molar-refractivity contribution in [3.8, 4) is 0 Å². The van der Waals surface area contributed by atoms with Crippen molar-refractivity contribution in [3.63, 3.8) is 0 Å². The predicted octanol–water partition coefficient (Wildman–Crippen LogP) is 0.233. The minimum atomic E-state index is -1.03. The molecule has 0 bridgehead atoms. The molecule has 1 amide bonds. The van der Waals surface area contributed by atoms with Crippen LogP contribution in [0.2, 0.25) is 0 Å². The third-order valence-corrected chi connectivity index (χ3v) is 5.25. The van der Waals surface area contributed by atoms with Crippen molar-refractivity contribution in [1.29, 1.82) is 0 Å². The lowest BCUT2D eigenvalue weighted by Crippen LogP contribution is -2.53. The molecule has 3 rings (SSSR count). The monoisotopic (exact) mass is 363 g/mol. The fourth-order valence-corrected chi connectivity index (χ4v) is 3.86. The van der Waals surface area contributed by atoms with Gasteiger partial charge in [0, 0.05) is 37.8 Å².